The highest BCUT2D eigenvalue weighted by Crippen LogP contribution is 2.16. The summed E-state index contributed by atoms with van der Waals surface area (Å²) in [5.41, 5.74) is 1.50. The summed E-state index contributed by atoms with van der Waals surface area (Å²) in [6, 6.07) is 0. The molecule has 0 saturated carbocycles. The second-order valence-electron chi connectivity index (χ2n) is 3.74. The van der Waals surface area contributed by atoms with Gasteiger partial charge in [-0.25, -0.2) is 5.01 Å². The van der Waals surface area contributed by atoms with E-state index in [1.165, 1.54) is 0 Å². The van der Waals surface area contributed by atoms with Gasteiger partial charge in [0.25, 0.3) is 0 Å². The normalized spacial score (nSPS) is 19.1. The number of carbonyl (C=O) groups is 1. The Morgan fingerprint density at radius 1 is 1.47 bits per heavy atom. The molecule has 1 aliphatic rings. The molecule has 0 bridgehead atoms. The van der Waals surface area contributed by atoms with Crippen LogP contribution in [0.2, 0.25) is 0 Å². The number of hydrogen-bond acceptors (Lipinski definition) is 3. The summed E-state index contributed by atoms with van der Waals surface area (Å²) < 4.78 is 0. The Labute approximate surface area is 90.5 Å². The van der Waals surface area contributed by atoms with Crippen molar-refractivity contribution in [2.24, 2.45) is 11.0 Å². The highest BCUT2D eigenvalue weighted by Gasteiger charge is 2.07. The number of allylic oxidation sites excluding steroid dienone is 4. The second-order valence-corrected chi connectivity index (χ2v) is 3.74. The quantitative estimate of drug-likeness (QED) is 0.402. The standard InChI is InChI=1S/C12H16N2O/c1-10(2)8-13-14-7-5-4-6-12(14)11(3)9-15/h4-10H,1-3H3/b12-11+,13-8+. The molecule has 3 nitrogen and oxygen atoms in total. The molecule has 1 aliphatic heterocycles. The van der Waals surface area contributed by atoms with Gasteiger partial charge in [-0.15, -0.1) is 0 Å². The molecule has 1 heterocycles. The van der Waals surface area contributed by atoms with Crippen molar-refractivity contribution < 1.29 is 4.79 Å². The van der Waals surface area contributed by atoms with Gasteiger partial charge in [-0.3, -0.25) is 4.79 Å². The minimum Gasteiger partial charge on any atom is -0.298 e. The summed E-state index contributed by atoms with van der Waals surface area (Å²) in [6.07, 6.45) is 10.2. The minimum absolute atomic E-state index is 0.391. The summed E-state index contributed by atoms with van der Waals surface area (Å²) in [5, 5.41) is 6.00. The highest BCUT2D eigenvalue weighted by molar-refractivity contribution is 5.74. The van der Waals surface area contributed by atoms with Gasteiger partial charge in [0.05, 0.1) is 5.70 Å². The fourth-order valence-corrected chi connectivity index (χ4v) is 1.11. The molecule has 0 aromatic carbocycles. The number of nitrogens with zero attached hydrogens (tertiary/aromatic N) is 2. The van der Waals surface area contributed by atoms with E-state index in [4.69, 9.17) is 0 Å². The zero-order valence-corrected chi connectivity index (χ0v) is 9.34. The van der Waals surface area contributed by atoms with Crippen molar-refractivity contribution in [1.29, 1.82) is 0 Å². The van der Waals surface area contributed by atoms with Gasteiger partial charge in [0, 0.05) is 18.0 Å². The van der Waals surface area contributed by atoms with Gasteiger partial charge in [0.15, 0.2) is 0 Å². The number of carbonyl (C=O) groups excluding carboxylic acids is 1. The summed E-state index contributed by atoms with van der Waals surface area (Å²) >= 11 is 0. The monoisotopic (exact) mass is 204 g/mol. The number of aldehydes is 1. The molecule has 0 radical (unpaired) electrons. The third kappa shape index (κ3) is 3.20. The Bertz CT molecular complexity index is 349. The van der Waals surface area contributed by atoms with Crippen molar-refractivity contribution in [2.75, 3.05) is 0 Å². The average Bonchev–Trinajstić information content (AvgIpc) is 2.25. The molecule has 0 N–H and O–H groups in total. The van der Waals surface area contributed by atoms with Gasteiger partial charge in [0.1, 0.15) is 6.29 Å². The molecule has 0 unspecified atom stereocenters. The SMILES string of the molecule is C/C(C=O)=C1/C=CC=CN1/N=C/C(C)C. The fourth-order valence-electron chi connectivity index (χ4n) is 1.11. The van der Waals surface area contributed by atoms with Gasteiger partial charge in [0.2, 0.25) is 0 Å². The summed E-state index contributed by atoms with van der Waals surface area (Å²) in [4.78, 5) is 10.7. The van der Waals surface area contributed by atoms with Crippen LogP contribution in [0, 0.1) is 5.92 Å². The van der Waals surface area contributed by atoms with E-state index in [0.29, 0.717) is 11.5 Å². The Kier molecular flexibility index (Phi) is 4.03. The lowest BCUT2D eigenvalue weighted by Gasteiger charge is -2.19. The van der Waals surface area contributed by atoms with E-state index in [0.717, 1.165) is 12.0 Å². The first-order chi connectivity index (χ1) is 7.15. The van der Waals surface area contributed by atoms with Crippen LogP contribution in [-0.4, -0.2) is 17.5 Å². The van der Waals surface area contributed by atoms with Crippen molar-refractivity contribution in [2.45, 2.75) is 20.8 Å². The zero-order valence-electron chi connectivity index (χ0n) is 9.34. The van der Waals surface area contributed by atoms with Crippen LogP contribution in [0.4, 0.5) is 0 Å². The van der Waals surface area contributed by atoms with E-state index in [-0.39, 0.29) is 0 Å². The number of hydrogen-bond donors (Lipinski definition) is 0. The first-order valence-corrected chi connectivity index (χ1v) is 4.99. The van der Waals surface area contributed by atoms with E-state index in [1.54, 1.807) is 11.9 Å². The van der Waals surface area contributed by atoms with E-state index in [9.17, 15) is 4.79 Å². The molecule has 1 rings (SSSR count). The average molecular weight is 204 g/mol. The van der Waals surface area contributed by atoms with Gasteiger partial charge < -0.3 is 0 Å². The van der Waals surface area contributed by atoms with Crippen LogP contribution in [0.1, 0.15) is 20.8 Å². The second kappa shape index (κ2) is 5.29. The molecular formula is C12H16N2O. The van der Waals surface area contributed by atoms with Gasteiger partial charge in [-0.05, 0) is 25.0 Å². The van der Waals surface area contributed by atoms with E-state index in [2.05, 4.69) is 18.9 Å². The number of hydrazone groups is 1. The van der Waals surface area contributed by atoms with Crippen molar-refractivity contribution in [3.63, 3.8) is 0 Å². The summed E-state index contributed by atoms with van der Waals surface area (Å²) in [6.45, 7) is 5.90. The predicted molar refractivity (Wildman–Crippen MR) is 62.2 cm³/mol. The molecule has 3 heteroatoms. The molecule has 0 amide bonds. The van der Waals surface area contributed by atoms with Crippen LogP contribution in [0.5, 0.6) is 0 Å². The molecule has 0 aromatic heterocycles. The van der Waals surface area contributed by atoms with Gasteiger partial charge in [-0.1, -0.05) is 19.9 Å². The lowest BCUT2D eigenvalue weighted by molar-refractivity contribution is -0.105. The molecule has 0 atom stereocenters. The molecular weight excluding hydrogens is 188 g/mol. The maximum Gasteiger partial charge on any atom is 0.147 e. The Morgan fingerprint density at radius 2 is 2.20 bits per heavy atom. The van der Waals surface area contributed by atoms with Crippen LogP contribution in [-0.2, 0) is 4.79 Å². The van der Waals surface area contributed by atoms with Crippen molar-refractivity contribution in [1.82, 2.24) is 5.01 Å². The first-order valence-electron chi connectivity index (χ1n) is 4.99. The Morgan fingerprint density at radius 3 is 2.80 bits per heavy atom. The van der Waals surface area contributed by atoms with E-state index < -0.39 is 0 Å². The van der Waals surface area contributed by atoms with Crippen molar-refractivity contribution in [3.05, 3.63) is 35.7 Å². The third-order valence-corrected chi connectivity index (χ3v) is 1.91. The fraction of sp³-hybridized carbons (Fsp3) is 0.333. The summed E-state index contributed by atoms with van der Waals surface area (Å²) in [5.74, 6) is 0.391. The van der Waals surface area contributed by atoms with Crippen LogP contribution in [0.15, 0.2) is 40.8 Å². The van der Waals surface area contributed by atoms with Crippen molar-refractivity contribution in [3.8, 4) is 0 Å². The van der Waals surface area contributed by atoms with E-state index >= 15 is 0 Å². The molecule has 15 heavy (non-hydrogen) atoms. The molecule has 0 saturated heterocycles. The molecule has 0 aromatic rings. The van der Waals surface area contributed by atoms with Crippen molar-refractivity contribution >= 4 is 12.5 Å². The van der Waals surface area contributed by atoms with Crippen LogP contribution < -0.4 is 0 Å². The van der Waals surface area contributed by atoms with Crippen LogP contribution >= 0.6 is 0 Å². The largest absolute Gasteiger partial charge is 0.298 e. The molecule has 0 fully saturated rings. The zero-order chi connectivity index (χ0) is 11.3. The highest BCUT2D eigenvalue weighted by atomic mass is 16.1. The Hall–Kier alpha value is -1.64. The van der Waals surface area contributed by atoms with Crippen LogP contribution in [0.3, 0.4) is 0 Å². The van der Waals surface area contributed by atoms with E-state index in [1.807, 2.05) is 30.6 Å². The smallest absolute Gasteiger partial charge is 0.147 e. The topological polar surface area (TPSA) is 32.7 Å². The first kappa shape index (κ1) is 11.4. The predicted octanol–water partition coefficient (Wildman–Crippen LogP) is 2.49. The lowest BCUT2D eigenvalue weighted by atomic mass is 10.2. The summed E-state index contributed by atoms with van der Waals surface area (Å²) in [7, 11) is 0. The van der Waals surface area contributed by atoms with Crippen LogP contribution in [0.25, 0.3) is 0 Å². The Balaban J connectivity index is 2.91. The molecule has 80 valence electrons. The minimum atomic E-state index is 0.391. The lowest BCUT2D eigenvalue weighted by Crippen LogP contribution is -2.13. The maximum atomic E-state index is 10.7. The molecule has 0 spiro atoms. The number of rotatable bonds is 3. The van der Waals surface area contributed by atoms with Gasteiger partial charge in [-0.2, -0.15) is 5.10 Å². The maximum absolute atomic E-state index is 10.7. The molecule has 0 aliphatic carbocycles. The third-order valence-electron chi connectivity index (χ3n) is 1.91. The van der Waals surface area contributed by atoms with Gasteiger partial charge >= 0.3 is 0 Å².